The summed E-state index contributed by atoms with van der Waals surface area (Å²) in [6.45, 7) is 5.16. The third kappa shape index (κ3) is 2.37. The first-order valence-corrected chi connectivity index (χ1v) is 6.87. The highest BCUT2D eigenvalue weighted by molar-refractivity contribution is 5.93. The summed E-state index contributed by atoms with van der Waals surface area (Å²) in [7, 11) is 0. The molecule has 0 spiro atoms. The van der Waals surface area contributed by atoms with Crippen LogP contribution in [0.5, 0.6) is 0 Å². The maximum atomic E-state index is 4.22. The van der Waals surface area contributed by atoms with Crippen molar-refractivity contribution in [3.8, 4) is 0 Å². The molecule has 3 aromatic rings. The van der Waals surface area contributed by atoms with Gasteiger partial charge in [-0.25, -0.2) is 0 Å². The van der Waals surface area contributed by atoms with Gasteiger partial charge in [-0.1, -0.05) is 30.3 Å². The predicted molar refractivity (Wildman–Crippen MR) is 85.0 cm³/mol. The second-order valence-corrected chi connectivity index (χ2v) is 5.13. The number of nitrogens with one attached hydrogen (secondary N) is 1. The van der Waals surface area contributed by atoms with E-state index in [1.165, 1.54) is 27.5 Å². The van der Waals surface area contributed by atoms with Gasteiger partial charge in [0.15, 0.2) is 0 Å². The minimum atomic E-state index is 0.840. The minimum absolute atomic E-state index is 0.840. The fourth-order valence-electron chi connectivity index (χ4n) is 2.58. The molecule has 2 heteroatoms. The highest BCUT2D eigenvalue weighted by Crippen LogP contribution is 2.23. The summed E-state index contributed by atoms with van der Waals surface area (Å²) in [6, 6.07) is 14.8. The smallest absolute Gasteiger partial charge is 0.0438 e. The number of rotatable bonds is 3. The Morgan fingerprint density at radius 3 is 2.50 bits per heavy atom. The van der Waals surface area contributed by atoms with Gasteiger partial charge in [0.1, 0.15) is 0 Å². The number of benzene rings is 2. The fraction of sp³-hybridized carbons (Fsp3) is 0.167. The average molecular weight is 262 g/mol. The molecule has 2 nitrogen and oxygen atoms in total. The molecule has 0 unspecified atom stereocenters. The molecular formula is C18H18N2. The molecule has 0 saturated carbocycles. The number of aryl methyl sites for hydroxylation is 2. The standard InChI is InChI=1S/C18H18N2/c1-13-5-3-6-14(2)16(13)12-20-18-8-4-7-15-9-10-19-11-17(15)18/h3-11,20H,12H2,1-2H3. The van der Waals surface area contributed by atoms with Crippen molar-refractivity contribution < 1.29 is 0 Å². The quantitative estimate of drug-likeness (QED) is 0.753. The van der Waals surface area contributed by atoms with Crippen LogP contribution >= 0.6 is 0 Å². The highest BCUT2D eigenvalue weighted by atomic mass is 14.9. The van der Waals surface area contributed by atoms with E-state index in [1.54, 1.807) is 0 Å². The van der Waals surface area contributed by atoms with E-state index >= 15 is 0 Å². The molecule has 1 heterocycles. The topological polar surface area (TPSA) is 24.9 Å². The summed E-state index contributed by atoms with van der Waals surface area (Å²) in [5, 5.41) is 5.93. The van der Waals surface area contributed by atoms with Crippen LogP contribution < -0.4 is 5.32 Å². The monoisotopic (exact) mass is 262 g/mol. The Morgan fingerprint density at radius 2 is 1.70 bits per heavy atom. The van der Waals surface area contributed by atoms with Crippen molar-refractivity contribution in [2.75, 3.05) is 5.32 Å². The lowest BCUT2D eigenvalue weighted by Crippen LogP contribution is -2.03. The zero-order valence-electron chi connectivity index (χ0n) is 11.9. The first-order valence-electron chi connectivity index (χ1n) is 6.87. The van der Waals surface area contributed by atoms with E-state index in [4.69, 9.17) is 0 Å². The van der Waals surface area contributed by atoms with Gasteiger partial charge < -0.3 is 5.32 Å². The minimum Gasteiger partial charge on any atom is -0.380 e. The van der Waals surface area contributed by atoms with Crippen molar-refractivity contribution in [2.24, 2.45) is 0 Å². The molecule has 0 atom stereocenters. The van der Waals surface area contributed by atoms with Gasteiger partial charge in [0, 0.05) is 30.0 Å². The summed E-state index contributed by atoms with van der Waals surface area (Å²) in [4.78, 5) is 4.22. The highest BCUT2D eigenvalue weighted by Gasteiger charge is 2.04. The van der Waals surface area contributed by atoms with Crippen LogP contribution in [0.4, 0.5) is 5.69 Å². The molecule has 100 valence electrons. The molecule has 0 amide bonds. The van der Waals surface area contributed by atoms with Gasteiger partial charge in [0.25, 0.3) is 0 Å². The molecule has 2 aromatic carbocycles. The number of pyridine rings is 1. The van der Waals surface area contributed by atoms with E-state index in [-0.39, 0.29) is 0 Å². The number of aromatic nitrogens is 1. The second-order valence-electron chi connectivity index (χ2n) is 5.13. The summed E-state index contributed by atoms with van der Waals surface area (Å²) in [5.41, 5.74) is 5.17. The zero-order valence-corrected chi connectivity index (χ0v) is 11.9. The first kappa shape index (κ1) is 12.7. The average Bonchev–Trinajstić information content (AvgIpc) is 2.47. The Bertz CT molecular complexity index is 722. The van der Waals surface area contributed by atoms with Gasteiger partial charge in [0.2, 0.25) is 0 Å². The Balaban J connectivity index is 1.91. The maximum Gasteiger partial charge on any atom is 0.0438 e. The van der Waals surface area contributed by atoms with E-state index in [0.717, 1.165) is 12.2 Å². The molecule has 0 aliphatic rings. The zero-order chi connectivity index (χ0) is 13.9. The number of hydrogen-bond acceptors (Lipinski definition) is 2. The third-order valence-corrected chi connectivity index (χ3v) is 3.78. The van der Waals surface area contributed by atoms with Crippen LogP contribution in [0.15, 0.2) is 54.9 Å². The van der Waals surface area contributed by atoms with Crippen molar-refractivity contribution in [3.05, 3.63) is 71.5 Å². The van der Waals surface area contributed by atoms with Crippen molar-refractivity contribution in [1.82, 2.24) is 4.98 Å². The van der Waals surface area contributed by atoms with Gasteiger partial charge in [-0.15, -0.1) is 0 Å². The second kappa shape index (κ2) is 5.33. The molecule has 0 bridgehead atoms. The van der Waals surface area contributed by atoms with Gasteiger partial charge >= 0.3 is 0 Å². The largest absolute Gasteiger partial charge is 0.380 e. The lowest BCUT2D eigenvalue weighted by molar-refractivity contribution is 1.09. The first-order chi connectivity index (χ1) is 9.75. The molecule has 0 aliphatic heterocycles. The lowest BCUT2D eigenvalue weighted by atomic mass is 10.0. The van der Waals surface area contributed by atoms with Crippen LogP contribution in [0, 0.1) is 13.8 Å². The van der Waals surface area contributed by atoms with Gasteiger partial charge in [0.05, 0.1) is 0 Å². The molecule has 0 radical (unpaired) electrons. The molecule has 20 heavy (non-hydrogen) atoms. The van der Waals surface area contributed by atoms with E-state index in [2.05, 4.69) is 60.5 Å². The molecular weight excluding hydrogens is 244 g/mol. The third-order valence-electron chi connectivity index (χ3n) is 3.78. The van der Waals surface area contributed by atoms with E-state index < -0.39 is 0 Å². The van der Waals surface area contributed by atoms with Gasteiger partial charge in [-0.3, -0.25) is 4.98 Å². The number of hydrogen-bond donors (Lipinski definition) is 1. The van der Waals surface area contributed by atoms with Crippen LogP contribution in [0.25, 0.3) is 10.8 Å². The summed E-state index contributed by atoms with van der Waals surface area (Å²) in [5.74, 6) is 0. The van der Waals surface area contributed by atoms with Crippen molar-refractivity contribution in [2.45, 2.75) is 20.4 Å². The summed E-state index contributed by atoms with van der Waals surface area (Å²) in [6.07, 6.45) is 3.75. The van der Waals surface area contributed by atoms with Crippen molar-refractivity contribution >= 4 is 16.5 Å². The SMILES string of the molecule is Cc1cccc(C)c1CNc1cccc2ccncc12. The van der Waals surface area contributed by atoms with E-state index in [0.29, 0.717) is 0 Å². The normalized spacial score (nSPS) is 10.7. The molecule has 0 aliphatic carbocycles. The fourth-order valence-corrected chi connectivity index (χ4v) is 2.58. The van der Waals surface area contributed by atoms with Crippen LogP contribution in [0.1, 0.15) is 16.7 Å². The van der Waals surface area contributed by atoms with Crippen LogP contribution in [0.3, 0.4) is 0 Å². The predicted octanol–water partition coefficient (Wildman–Crippen LogP) is 4.46. The van der Waals surface area contributed by atoms with Gasteiger partial charge in [-0.2, -0.15) is 0 Å². The number of anilines is 1. The van der Waals surface area contributed by atoms with Crippen LogP contribution in [-0.4, -0.2) is 4.98 Å². The Labute approximate surface area is 119 Å². The lowest BCUT2D eigenvalue weighted by Gasteiger charge is -2.13. The van der Waals surface area contributed by atoms with E-state index in [1.807, 2.05) is 18.5 Å². The molecule has 0 saturated heterocycles. The Hall–Kier alpha value is -2.35. The molecule has 3 rings (SSSR count). The summed E-state index contributed by atoms with van der Waals surface area (Å²) < 4.78 is 0. The Morgan fingerprint density at radius 1 is 0.950 bits per heavy atom. The van der Waals surface area contributed by atoms with Crippen LogP contribution in [-0.2, 0) is 6.54 Å². The maximum absolute atomic E-state index is 4.22. The van der Waals surface area contributed by atoms with Gasteiger partial charge in [-0.05, 0) is 48.1 Å². The molecule has 0 fully saturated rings. The number of fused-ring (bicyclic) bond motifs is 1. The molecule has 1 N–H and O–H groups in total. The van der Waals surface area contributed by atoms with Crippen molar-refractivity contribution in [1.29, 1.82) is 0 Å². The number of nitrogens with zero attached hydrogens (tertiary/aromatic N) is 1. The molecule has 1 aromatic heterocycles. The van der Waals surface area contributed by atoms with E-state index in [9.17, 15) is 0 Å². The Kier molecular flexibility index (Phi) is 3.38. The summed E-state index contributed by atoms with van der Waals surface area (Å²) >= 11 is 0. The van der Waals surface area contributed by atoms with Crippen LogP contribution in [0.2, 0.25) is 0 Å². The van der Waals surface area contributed by atoms with Crippen molar-refractivity contribution in [3.63, 3.8) is 0 Å².